The Kier molecular flexibility index (Phi) is 3.49. The van der Waals surface area contributed by atoms with E-state index in [2.05, 4.69) is 14.7 Å². The maximum absolute atomic E-state index is 11.4. The van der Waals surface area contributed by atoms with Crippen LogP contribution < -0.4 is 0 Å². The maximum atomic E-state index is 11.4. The lowest BCUT2D eigenvalue weighted by atomic mass is 10.1. The van der Waals surface area contributed by atoms with E-state index in [1.54, 1.807) is 12.3 Å². The Bertz CT molecular complexity index is 562. The molecule has 0 amide bonds. The number of hydrogen-bond donors (Lipinski definition) is 0. The highest BCUT2D eigenvalue weighted by Crippen LogP contribution is 2.15. The van der Waals surface area contributed by atoms with Gasteiger partial charge >= 0.3 is 0 Å². The van der Waals surface area contributed by atoms with E-state index in [-0.39, 0.29) is 0 Å². The van der Waals surface area contributed by atoms with Crippen molar-refractivity contribution in [2.45, 2.75) is 11.8 Å². The van der Waals surface area contributed by atoms with Crippen molar-refractivity contribution < 1.29 is 8.73 Å². The number of hydrogen-bond acceptors (Lipinski definition) is 4. The molecule has 0 saturated carbocycles. The number of aryl methyl sites for hydroxylation is 1. The van der Waals surface area contributed by atoms with Crippen LogP contribution in [0.4, 0.5) is 0 Å². The first-order chi connectivity index (χ1) is 8.16. The molecule has 1 heterocycles. The quantitative estimate of drug-likeness (QED) is 0.836. The molecule has 2 aromatic rings. The summed E-state index contributed by atoms with van der Waals surface area (Å²) in [5.74, 6) is 0.533. The van der Waals surface area contributed by atoms with Gasteiger partial charge in [-0.15, -0.1) is 0 Å². The van der Waals surface area contributed by atoms with Crippen molar-refractivity contribution in [2.75, 3.05) is 6.26 Å². The molecular formula is C12H12N2O2S. The molecule has 0 saturated heterocycles. The van der Waals surface area contributed by atoms with E-state index in [4.69, 9.17) is 0 Å². The van der Waals surface area contributed by atoms with Crippen LogP contribution >= 0.6 is 0 Å². The Morgan fingerprint density at radius 3 is 2.76 bits per heavy atom. The molecule has 0 fully saturated rings. The number of benzene rings is 1. The van der Waals surface area contributed by atoms with Crippen molar-refractivity contribution in [3.05, 3.63) is 41.5 Å². The average Bonchev–Trinajstić information content (AvgIpc) is 2.78. The summed E-state index contributed by atoms with van der Waals surface area (Å²) in [5.41, 5.74) is 2.03. The molecule has 0 radical (unpaired) electrons. The Morgan fingerprint density at radius 2 is 2.18 bits per heavy atom. The summed E-state index contributed by atoms with van der Waals surface area (Å²) in [4.78, 5) is 4.75. The predicted molar refractivity (Wildman–Crippen MR) is 66.7 cm³/mol. The van der Waals surface area contributed by atoms with Gasteiger partial charge in [0.2, 0.25) is 6.39 Å². The molecule has 0 aliphatic carbocycles. The maximum Gasteiger partial charge on any atom is 0.214 e. The fraction of sp³-hybridized carbons (Fsp3) is 0.167. The number of nitrogens with zero attached hydrogens (tertiary/aromatic N) is 2. The van der Waals surface area contributed by atoms with E-state index in [1.165, 1.54) is 6.39 Å². The van der Waals surface area contributed by atoms with Gasteiger partial charge in [0.15, 0.2) is 5.82 Å². The van der Waals surface area contributed by atoms with Crippen LogP contribution in [0.5, 0.6) is 0 Å². The molecule has 1 aromatic heterocycles. The van der Waals surface area contributed by atoms with Gasteiger partial charge in [0.05, 0.1) is 10.8 Å². The second kappa shape index (κ2) is 5.05. The van der Waals surface area contributed by atoms with Crippen LogP contribution in [0.15, 0.2) is 34.0 Å². The van der Waals surface area contributed by atoms with Crippen molar-refractivity contribution in [2.24, 2.45) is 0 Å². The van der Waals surface area contributed by atoms with Gasteiger partial charge in [-0.3, -0.25) is 4.21 Å². The van der Waals surface area contributed by atoms with Crippen molar-refractivity contribution in [3.63, 3.8) is 0 Å². The first kappa shape index (κ1) is 11.7. The normalized spacial score (nSPS) is 13.1. The standard InChI is InChI=1S/C12H12N2O2S/c1-9-7-10(3-5-11(9)17(2)15)4-6-12-13-8-16-14-12/h3-8H,1-2H3. The smallest absolute Gasteiger partial charge is 0.214 e. The lowest BCUT2D eigenvalue weighted by Gasteiger charge is -2.02. The summed E-state index contributed by atoms with van der Waals surface area (Å²) in [6, 6.07) is 5.77. The lowest BCUT2D eigenvalue weighted by Crippen LogP contribution is -1.91. The molecule has 1 atom stereocenters. The van der Waals surface area contributed by atoms with Crippen molar-refractivity contribution in [1.29, 1.82) is 0 Å². The summed E-state index contributed by atoms with van der Waals surface area (Å²) in [6.07, 6.45) is 6.62. The highest BCUT2D eigenvalue weighted by atomic mass is 32.2. The van der Waals surface area contributed by atoms with E-state index < -0.39 is 10.8 Å². The average molecular weight is 248 g/mol. The summed E-state index contributed by atoms with van der Waals surface area (Å²) in [6.45, 7) is 1.95. The van der Waals surface area contributed by atoms with Gasteiger partial charge in [0.1, 0.15) is 0 Å². The second-order valence-electron chi connectivity index (χ2n) is 3.60. The van der Waals surface area contributed by atoms with Crippen LogP contribution in [0, 0.1) is 6.92 Å². The van der Waals surface area contributed by atoms with Crippen LogP contribution in [0.3, 0.4) is 0 Å². The number of rotatable bonds is 3. The third-order valence-corrected chi connectivity index (χ3v) is 3.39. The minimum atomic E-state index is -0.946. The van der Waals surface area contributed by atoms with Gasteiger partial charge in [-0.05, 0) is 30.2 Å². The molecule has 0 aliphatic heterocycles. The first-order valence-electron chi connectivity index (χ1n) is 5.05. The van der Waals surface area contributed by atoms with Crippen molar-refractivity contribution in [1.82, 2.24) is 10.1 Å². The van der Waals surface area contributed by atoms with Gasteiger partial charge in [-0.2, -0.15) is 4.98 Å². The van der Waals surface area contributed by atoms with E-state index in [0.29, 0.717) is 5.82 Å². The zero-order chi connectivity index (χ0) is 12.3. The SMILES string of the molecule is Cc1cc(C=Cc2ncon2)ccc1S(C)=O. The highest BCUT2D eigenvalue weighted by Gasteiger charge is 2.02. The Morgan fingerprint density at radius 1 is 1.35 bits per heavy atom. The molecule has 0 bridgehead atoms. The predicted octanol–water partition coefficient (Wildman–Crippen LogP) is 2.29. The van der Waals surface area contributed by atoms with Crippen LogP contribution in [-0.4, -0.2) is 20.6 Å². The van der Waals surface area contributed by atoms with E-state index in [9.17, 15) is 4.21 Å². The van der Waals surface area contributed by atoms with Gasteiger partial charge in [-0.25, -0.2) is 0 Å². The lowest BCUT2D eigenvalue weighted by molar-refractivity contribution is 0.415. The summed E-state index contributed by atoms with van der Waals surface area (Å²) < 4.78 is 16.0. The van der Waals surface area contributed by atoms with Gasteiger partial charge in [-0.1, -0.05) is 23.4 Å². The van der Waals surface area contributed by atoms with Crippen molar-refractivity contribution >= 4 is 23.0 Å². The van der Waals surface area contributed by atoms with Gasteiger partial charge < -0.3 is 4.52 Å². The van der Waals surface area contributed by atoms with Crippen LogP contribution in [0.1, 0.15) is 17.0 Å². The zero-order valence-electron chi connectivity index (χ0n) is 9.58. The molecule has 2 rings (SSSR count). The highest BCUT2D eigenvalue weighted by molar-refractivity contribution is 7.84. The molecule has 1 unspecified atom stereocenters. The fourth-order valence-electron chi connectivity index (χ4n) is 1.52. The molecule has 0 spiro atoms. The van der Waals surface area contributed by atoms with Gasteiger partial charge in [0.25, 0.3) is 0 Å². The molecule has 1 aromatic carbocycles. The fourth-order valence-corrected chi connectivity index (χ4v) is 2.29. The van der Waals surface area contributed by atoms with Crippen LogP contribution in [-0.2, 0) is 10.8 Å². The molecule has 0 aliphatic rings. The summed E-state index contributed by atoms with van der Waals surface area (Å²) >= 11 is 0. The topological polar surface area (TPSA) is 56.0 Å². The van der Waals surface area contributed by atoms with E-state index >= 15 is 0 Å². The first-order valence-corrected chi connectivity index (χ1v) is 6.61. The number of aromatic nitrogens is 2. The monoisotopic (exact) mass is 248 g/mol. The molecular weight excluding hydrogens is 236 g/mol. The third-order valence-electron chi connectivity index (χ3n) is 2.31. The third kappa shape index (κ3) is 2.88. The van der Waals surface area contributed by atoms with E-state index in [0.717, 1.165) is 16.0 Å². The van der Waals surface area contributed by atoms with Gasteiger partial charge in [0, 0.05) is 11.2 Å². The molecule has 17 heavy (non-hydrogen) atoms. The second-order valence-corrected chi connectivity index (χ2v) is 4.95. The molecule has 4 nitrogen and oxygen atoms in total. The van der Waals surface area contributed by atoms with Crippen LogP contribution in [0.2, 0.25) is 0 Å². The Hall–Kier alpha value is -1.75. The minimum Gasteiger partial charge on any atom is -0.342 e. The van der Waals surface area contributed by atoms with Crippen molar-refractivity contribution in [3.8, 4) is 0 Å². The largest absolute Gasteiger partial charge is 0.342 e. The Balaban J connectivity index is 2.24. The zero-order valence-corrected chi connectivity index (χ0v) is 10.4. The molecule has 5 heteroatoms. The molecule has 88 valence electrons. The Labute approximate surface area is 102 Å². The summed E-state index contributed by atoms with van der Waals surface area (Å²) in [7, 11) is -0.946. The van der Waals surface area contributed by atoms with Crippen LogP contribution in [0.25, 0.3) is 12.2 Å². The minimum absolute atomic E-state index is 0.533. The van der Waals surface area contributed by atoms with E-state index in [1.807, 2.05) is 31.2 Å². The summed E-state index contributed by atoms with van der Waals surface area (Å²) in [5, 5.41) is 3.68. The molecule has 0 N–H and O–H groups in total.